The van der Waals surface area contributed by atoms with E-state index in [1.807, 2.05) is 0 Å². The molecule has 1 amide bonds. The quantitative estimate of drug-likeness (QED) is 0.831. The molecule has 0 spiro atoms. The van der Waals surface area contributed by atoms with Crippen LogP contribution in [0, 0.1) is 11.3 Å². The molecule has 1 fully saturated rings. The largest absolute Gasteiger partial charge is 0.492 e. The number of ether oxygens (including phenoxy) is 1. The number of ketones is 1. The van der Waals surface area contributed by atoms with Gasteiger partial charge in [0.15, 0.2) is 5.78 Å². The lowest BCUT2D eigenvalue weighted by atomic mass is 10.1. The summed E-state index contributed by atoms with van der Waals surface area (Å²) in [5, 5.41) is 2.47. The van der Waals surface area contributed by atoms with E-state index < -0.39 is 17.6 Å². The molecule has 7 heteroatoms. The van der Waals surface area contributed by atoms with Gasteiger partial charge in [-0.3, -0.25) is 9.59 Å². The summed E-state index contributed by atoms with van der Waals surface area (Å²) in [4.78, 5) is 24.0. The maximum Gasteiger partial charge on any atom is 0.416 e. The van der Waals surface area contributed by atoms with Crippen LogP contribution in [0.15, 0.2) is 42.1 Å². The van der Waals surface area contributed by atoms with Crippen molar-refractivity contribution in [2.45, 2.75) is 32.9 Å². The zero-order valence-electron chi connectivity index (χ0n) is 15.0. The summed E-state index contributed by atoms with van der Waals surface area (Å²) in [6.07, 6.45) is 0.991. The van der Waals surface area contributed by atoms with Crippen LogP contribution in [0.4, 0.5) is 13.2 Å². The highest BCUT2D eigenvalue weighted by atomic mass is 19.4. The first-order chi connectivity index (χ1) is 12.6. The fraction of sp³-hybridized carbons (Fsp3) is 0.400. The molecule has 1 unspecified atom stereocenters. The van der Waals surface area contributed by atoms with E-state index in [0.717, 1.165) is 18.6 Å². The molecule has 3 rings (SSSR count). The molecule has 27 heavy (non-hydrogen) atoms. The van der Waals surface area contributed by atoms with Crippen LogP contribution in [0.3, 0.4) is 0 Å². The van der Waals surface area contributed by atoms with Gasteiger partial charge >= 0.3 is 6.18 Å². The standard InChI is InChI=1S/C20H20F3NO3/c1-19(2)10-13(19)11-27-17-7-6-12(20(21,22)23)8-16(17)18(26)24-14-4-3-5-15(25)9-14/h3-4,6-9,13H,5,10-11H2,1-2H3,(H,24,26). The summed E-state index contributed by atoms with van der Waals surface area (Å²) in [6, 6.07) is 2.84. The van der Waals surface area contributed by atoms with E-state index in [1.165, 1.54) is 12.1 Å². The Balaban J connectivity index is 1.83. The first kappa shape index (κ1) is 19.2. The van der Waals surface area contributed by atoms with E-state index >= 15 is 0 Å². The molecule has 0 saturated heterocycles. The summed E-state index contributed by atoms with van der Waals surface area (Å²) < 4.78 is 44.8. The van der Waals surface area contributed by atoms with Gasteiger partial charge in [-0.25, -0.2) is 0 Å². The van der Waals surface area contributed by atoms with Gasteiger partial charge < -0.3 is 10.1 Å². The van der Waals surface area contributed by atoms with Crippen molar-refractivity contribution in [3.8, 4) is 5.75 Å². The third-order valence-electron chi connectivity index (χ3n) is 4.90. The first-order valence-corrected chi connectivity index (χ1v) is 8.63. The molecule has 2 aliphatic rings. The number of hydrogen-bond donors (Lipinski definition) is 1. The van der Waals surface area contributed by atoms with Gasteiger partial charge in [0.2, 0.25) is 0 Å². The molecule has 1 aromatic rings. The van der Waals surface area contributed by atoms with Gasteiger partial charge in [-0.2, -0.15) is 13.2 Å². The molecule has 1 N–H and O–H groups in total. The van der Waals surface area contributed by atoms with Crippen molar-refractivity contribution in [3.63, 3.8) is 0 Å². The third kappa shape index (κ3) is 4.59. The second-order valence-corrected chi connectivity index (χ2v) is 7.54. The number of rotatable bonds is 5. The van der Waals surface area contributed by atoms with Crippen molar-refractivity contribution in [3.05, 3.63) is 53.3 Å². The number of allylic oxidation sites excluding steroid dienone is 3. The average molecular weight is 379 g/mol. The summed E-state index contributed by atoms with van der Waals surface area (Å²) in [5.74, 6) is -0.548. The van der Waals surface area contributed by atoms with Gasteiger partial charge in [0, 0.05) is 18.2 Å². The Bertz CT molecular complexity index is 837. The third-order valence-corrected chi connectivity index (χ3v) is 4.90. The number of amides is 1. The summed E-state index contributed by atoms with van der Waals surface area (Å²) in [7, 11) is 0. The van der Waals surface area contributed by atoms with Crippen LogP contribution in [0.25, 0.3) is 0 Å². The lowest BCUT2D eigenvalue weighted by Gasteiger charge is -2.16. The van der Waals surface area contributed by atoms with Crippen molar-refractivity contribution in [2.75, 3.05) is 6.61 Å². The van der Waals surface area contributed by atoms with Crippen molar-refractivity contribution >= 4 is 11.7 Å². The van der Waals surface area contributed by atoms with Crippen LogP contribution >= 0.6 is 0 Å². The van der Waals surface area contributed by atoms with E-state index in [9.17, 15) is 22.8 Å². The highest BCUT2D eigenvalue weighted by molar-refractivity contribution is 6.00. The van der Waals surface area contributed by atoms with Crippen molar-refractivity contribution < 1.29 is 27.5 Å². The minimum absolute atomic E-state index is 0.0925. The summed E-state index contributed by atoms with van der Waals surface area (Å²) in [5.41, 5.74) is -0.763. The topological polar surface area (TPSA) is 55.4 Å². The number of carbonyl (C=O) groups excluding carboxylic acids is 2. The molecule has 0 radical (unpaired) electrons. The maximum atomic E-state index is 13.1. The van der Waals surface area contributed by atoms with E-state index in [0.29, 0.717) is 12.5 Å². The number of halogens is 3. The van der Waals surface area contributed by atoms with Gasteiger partial charge in [-0.1, -0.05) is 19.9 Å². The normalized spacial score (nSPS) is 20.9. The maximum absolute atomic E-state index is 13.1. The highest BCUT2D eigenvalue weighted by Crippen LogP contribution is 2.51. The molecule has 1 atom stereocenters. The minimum Gasteiger partial charge on any atom is -0.492 e. The SMILES string of the molecule is CC1(C)CC1COc1ccc(C(F)(F)F)cc1C(=O)NC1=CC(=O)CC=C1. The Kier molecular flexibility index (Phi) is 4.88. The lowest BCUT2D eigenvalue weighted by Crippen LogP contribution is -2.25. The molecular formula is C20H20F3NO3. The number of hydrogen-bond acceptors (Lipinski definition) is 3. The van der Waals surface area contributed by atoms with Gasteiger partial charge in [0.25, 0.3) is 5.91 Å². The zero-order valence-corrected chi connectivity index (χ0v) is 15.0. The summed E-state index contributed by atoms with van der Waals surface area (Å²) in [6.45, 7) is 4.50. The number of nitrogens with one attached hydrogen (secondary N) is 1. The van der Waals surface area contributed by atoms with E-state index in [2.05, 4.69) is 19.2 Å². The molecule has 0 heterocycles. The fourth-order valence-corrected chi connectivity index (χ4v) is 2.92. The molecule has 1 saturated carbocycles. The molecule has 4 nitrogen and oxygen atoms in total. The number of alkyl halides is 3. The Morgan fingerprint density at radius 3 is 2.63 bits per heavy atom. The molecule has 1 aromatic carbocycles. The van der Waals surface area contributed by atoms with Gasteiger partial charge in [-0.15, -0.1) is 0 Å². The Morgan fingerprint density at radius 2 is 2.04 bits per heavy atom. The minimum atomic E-state index is -4.58. The van der Waals surface area contributed by atoms with Crippen molar-refractivity contribution in [1.29, 1.82) is 0 Å². The summed E-state index contributed by atoms with van der Waals surface area (Å²) >= 11 is 0. The van der Waals surface area contributed by atoms with Crippen LogP contribution in [0.2, 0.25) is 0 Å². The molecular weight excluding hydrogens is 359 g/mol. The second-order valence-electron chi connectivity index (χ2n) is 7.54. The molecule has 2 aliphatic carbocycles. The molecule has 0 bridgehead atoms. The van der Waals surface area contributed by atoms with E-state index in [1.54, 1.807) is 12.2 Å². The number of carbonyl (C=O) groups is 2. The molecule has 144 valence electrons. The van der Waals surface area contributed by atoms with E-state index in [4.69, 9.17) is 4.74 Å². The predicted octanol–water partition coefficient (Wildman–Crippen LogP) is 4.27. The Morgan fingerprint density at radius 1 is 1.33 bits per heavy atom. The van der Waals surface area contributed by atoms with Gasteiger partial charge in [-0.05, 0) is 42.0 Å². The smallest absolute Gasteiger partial charge is 0.416 e. The Labute approximate surface area is 155 Å². The van der Waals surface area contributed by atoms with Crippen LogP contribution in [-0.2, 0) is 11.0 Å². The van der Waals surface area contributed by atoms with Gasteiger partial charge in [0.1, 0.15) is 5.75 Å². The van der Waals surface area contributed by atoms with Crippen molar-refractivity contribution in [2.24, 2.45) is 11.3 Å². The highest BCUT2D eigenvalue weighted by Gasteiger charge is 2.46. The number of benzene rings is 1. The van der Waals surface area contributed by atoms with Crippen molar-refractivity contribution in [1.82, 2.24) is 5.32 Å². The Hall–Kier alpha value is -2.57. The van der Waals surface area contributed by atoms with Crippen LogP contribution < -0.4 is 10.1 Å². The van der Waals surface area contributed by atoms with Crippen LogP contribution in [0.1, 0.15) is 42.6 Å². The lowest BCUT2D eigenvalue weighted by molar-refractivity contribution is -0.137. The fourth-order valence-electron chi connectivity index (χ4n) is 2.92. The van der Waals surface area contributed by atoms with Gasteiger partial charge in [0.05, 0.1) is 17.7 Å². The monoisotopic (exact) mass is 379 g/mol. The molecule has 0 aromatic heterocycles. The second kappa shape index (κ2) is 6.87. The van der Waals surface area contributed by atoms with Crippen LogP contribution in [0.5, 0.6) is 5.75 Å². The zero-order chi connectivity index (χ0) is 19.8. The first-order valence-electron chi connectivity index (χ1n) is 8.63. The predicted molar refractivity (Wildman–Crippen MR) is 93.1 cm³/mol. The molecule has 0 aliphatic heterocycles. The van der Waals surface area contributed by atoms with E-state index in [-0.39, 0.29) is 34.6 Å². The van der Waals surface area contributed by atoms with Crippen LogP contribution in [-0.4, -0.2) is 18.3 Å². The average Bonchev–Trinajstić information content (AvgIpc) is 3.18.